The average Bonchev–Trinajstić information content (AvgIpc) is 3.28. The lowest BCUT2D eigenvalue weighted by Gasteiger charge is -2.27. The number of hydrogen-bond donors (Lipinski definition) is 0. The van der Waals surface area contributed by atoms with Crippen LogP contribution in [0.25, 0.3) is 5.69 Å². The zero-order valence-corrected chi connectivity index (χ0v) is 21.6. The zero-order chi connectivity index (χ0) is 25.2. The van der Waals surface area contributed by atoms with Crippen LogP contribution in [-0.4, -0.2) is 15.0 Å². The second-order valence-corrected chi connectivity index (χ2v) is 12.0. The molecule has 0 radical (unpaired) electrons. The van der Waals surface area contributed by atoms with Gasteiger partial charge in [0.1, 0.15) is 35.0 Å². The maximum Gasteiger partial charge on any atom is 0.416 e. The van der Waals surface area contributed by atoms with Gasteiger partial charge in [0, 0.05) is 0 Å². The second kappa shape index (κ2) is 10.9. The van der Waals surface area contributed by atoms with Gasteiger partial charge in [0.05, 0.1) is 16.9 Å². The van der Waals surface area contributed by atoms with E-state index in [0.29, 0.717) is 11.8 Å². The van der Waals surface area contributed by atoms with E-state index in [1.54, 1.807) is 0 Å². The van der Waals surface area contributed by atoms with Crippen LogP contribution < -0.4 is 28.3 Å². The first-order valence-corrected chi connectivity index (χ1v) is 13.5. The molecule has 0 saturated carbocycles. The standard InChI is InChI=1S/C29H24F3N3P.ClH/c1-22-28(34-35(33-22)24-19-17-23(18-20-24)29(30,31)32)21-36(25-11-5-2-6-12-25,26-13-7-3-8-14-26)27-15-9-4-10-16-27;/h2-20H,21H2,1H3;1H/q+1;/p-1. The van der Waals surface area contributed by atoms with E-state index >= 15 is 0 Å². The van der Waals surface area contributed by atoms with Gasteiger partial charge in [0.25, 0.3) is 0 Å². The van der Waals surface area contributed by atoms with Crippen LogP contribution in [-0.2, 0) is 12.3 Å². The lowest BCUT2D eigenvalue weighted by Crippen LogP contribution is -3.00. The molecule has 3 nitrogen and oxygen atoms in total. The van der Waals surface area contributed by atoms with Gasteiger partial charge >= 0.3 is 6.18 Å². The molecule has 0 amide bonds. The smallest absolute Gasteiger partial charge is 0.416 e. The molecule has 1 heterocycles. The fraction of sp³-hybridized carbons (Fsp3) is 0.103. The van der Waals surface area contributed by atoms with E-state index in [-0.39, 0.29) is 12.4 Å². The highest BCUT2D eigenvalue weighted by Crippen LogP contribution is 2.58. The number of alkyl halides is 3. The molecule has 0 bridgehead atoms. The molecule has 0 spiro atoms. The molecular weight excluding hydrogens is 514 g/mol. The summed E-state index contributed by atoms with van der Waals surface area (Å²) in [5.74, 6) is 0. The fourth-order valence-corrected chi connectivity index (χ4v) is 8.67. The highest BCUT2D eigenvalue weighted by molar-refractivity contribution is 7.95. The van der Waals surface area contributed by atoms with Crippen LogP contribution in [0.2, 0.25) is 0 Å². The van der Waals surface area contributed by atoms with E-state index in [1.165, 1.54) is 32.8 Å². The summed E-state index contributed by atoms with van der Waals surface area (Å²) in [6.07, 6.45) is -3.75. The van der Waals surface area contributed by atoms with Gasteiger partial charge < -0.3 is 12.4 Å². The van der Waals surface area contributed by atoms with Crippen LogP contribution in [0.5, 0.6) is 0 Å². The molecule has 0 saturated heterocycles. The van der Waals surface area contributed by atoms with Gasteiger partial charge in [0.2, 0.25) is 0 Å². The molecule has 4 aromatic carbocycles. The Kier molecular flexibility index (Phi) is 7.82. The molecule has 5 rings (SSSR count). The van der Waals surface area contributed by atoms with Crippen molar-refractivity contribution >= 4 is 23.2 Å². The van der Waals surface area contributed by atoms with E-state index in [2.05, 4.69) is 77.9 Å². The molecule has 0 atom stereocenters. The number of aromatic nitrogens is 3. The summed E-state index contributed by atoms with van der Waals surface area (Å²) in [6.45, 7) is 1.90. The number of aryl methyl sites for hydroxylation is 1. The van der Waals surface area contributed by atoms with Gasteiger partial charge in [0.15, 0.2) is 0 Å². The zero-order valence-electron chi connectivity index (χ0n) is 20.0. The molecule has 0 unspecified atom stereocenters. The Morgan fingerprint density at radius 3 is 1.49 bits per heavy atom. The number of halogens is 4. The fourth-order valence-electron chi connectivity index (χ4n) is 4.45. The van der Waals surface area contributed by atoms with Crippen LogP contribution in [0.4, 0.5) is 13.2 Å². The predicted octanol–water partition coefficient (Wildman–Crippen LogP) is 3.09. The van der Waals surface area contributed by atoms with Gasteiger partial charge in [-0.2, -0.15) is 23.1 Å². The lowest BCUT2D eigenvalue weighted by atomic mass is 10.2. The van der Waals surface area contributed by atoms with Crippen molar-refractivity contribution in [1.29, 1.82) is 0 Å². The van der Waals surface area contributed by atoms with Crippen molar-refractivity contribution in [3.05, 3.63) is 132 Å². The predicted molar refractivity (Wildman–Crippen MR) is 140 cm³/mol. The third-order valence-corrected chi connectivity index (χ3v) is 10.6. The van der Waals surface area contributed by atoms with Crippen LogP contribution in [0.15, 0.2) is 115 Å². The third-order valence-electron chi connectivity index (χ3n) is 6.28. The highest BCUT2D eigenvalue weighted by Gasteiger charge is 2.46. The topological polar surface area (TPSA) is 30.7 Å². The van der Waals surface area contributed by atoms with Crippen molar-refractivity contribution in [2.45, 2.75) is 19.3 Å². The molecule has 5 aromatic rings. The van der Waals surface area contributed by atoms with Gasteiger partial charge in [-0.25, -0.2) is 0 Å². The SMILES string of the molecule is Cc1nn(-c2ccc(C(F)(F)F)cc2)nc1C[P+](c1ccccc1)(c1ccccc1)c1ccccc1.[Cl-]. The summed E-state index contributed by atoms with van der Waals surface area (Å²) in [4.78, 5) is 1.43. The van der Waals surface area contributed by atoms with Crippen LogP contribution in [0.1, 0.15) is 17.0 Å². The Hall–Kier alpha value is -3.47. The first-order valence-electron chi connectivity index (χ1n) is 11.5. The summed E-state index contributed by atoms with van der Waals surface area (Å²) in [7, 11) is -2.17. The molecule has 8 heteroatoms. The minimum absolute atomic E-state index is 0. The number of hydrogen-bond acceptors (Lipinski definition) is 2. The van der Waals surface area contributed by atoms with Crippen LogP contribution in [0, 0.1) is 6.92 Å². The Balaban J connectivity index is 0.00000320. The molecule has 0 aliphatic rings. The monoisotopic (exact) mass is 537 g/mol. The first kappa shape index (κ1) is 26.6. The van der Waals surface area contributed by atoms with Crippen molar-refractivity contribution < 1.29 is 25.6 Å². The maximum atomic E-state index is 13.0. The van der Waals surface area contributed by atoms with E-state index in [1.807, 2.05) is 25.1 Å². The van der Waals surface area contributed by atoms with Gasteiger partial charge in [-0.05, 0) is 67.6 Å². The molecule has 37 heavy (non-hydrogen) atoms. The Bertz CT molecular complexity index is 1340. The summed E-state index contributed by atoms with van der Waals surface area (Å²) >= 11 is 0. The summed E-state index contributed by atoms with van der Waals surface area (Å²) in [5.41, 5.74) is 1.36. The molecular formula is C29H24ClF3N3P. The van der Waals surface area contributed by atoms with E-state index in [0.717, 1.165) is 23.5 Å². The molecule has 188 valence electrons. The Labute approximate surface area is 220 Å². The van der Waals surface area contributed by atoms with Gasteiger partial charge in [-0.3, -0.25) is 0 Å². The van der Waals surface area contributed by atoms with E-state index in [9.17, 15) is 13.2 Å². The molecule has 0 fully saturated rings. The maximum absolute atomic E-state index is 13.0. The average molecular weight is 538 g/mol. The quantitative estimate of drug-likeness (QED) is 0.312. The van der Waals surface area contributed by atoms with Crippen LogP contribution in [0.3, 0.4) is 0 Å². The summed E-state index contributed by atoms with van der Waals surface area (Å²) < 4.78 is 39.1. The number of rotatable bonds is 6. The normalized spacial score (nSPS) is 11.7. The highest BCUT2D eigenvalue weighted by atomic mass is 35.5. The van der Waals surface area contributed by atoms with E-state index < -0.39 is 19.0 Å². The Morgan fingerprint density at radius 2 is 1.08 bits per heavy atom. The van der Waals surface area contributed by atoms with Crippen molar-refractivity contribution in [3.63, 3.8) is 0 Å². The van der Waals surface area contributed by atoms with Crippen molar-refractivity contribution in [3.8, 4) is 5.69 Å². The summed E-state index contributed by atoms with van der Waals surface area (Å²) in [6, 6.07) is 36.3. The van der Waals surface area contributed by atoms with Crippen LogP contribution >= 0.6 is 7.26 Å². The minimum atomic E-state index is -4.39. The van der Waals surface area contributed by atoms with Crippen molar-refractivity contribution in [2.75, 3.05) is 0 Å². The first-order chi connectivity index (χ1) is 17.4. The number of nitrogens with zero attached hydrogens (tertiary/aromatic N) is 3. The van der Waals surface area contributed by atoms with Gasteiger partial charge in [-0.15, -0.1) is 5.10 Å². The Morgan fingerprint density at radius 1 is 0.649 bits per heavy atom. The largest absolute Gasteiger partial charge is 1.00 e. The van der Waals surface area contributed by atoms with Gasteiger partial charge in [-0.1, -0.05) is 54.6 Å². The van der Waals surface area contributed by atoms with Crippen molar-refractivity contribution in [2.24, 2.45) is 0 Å². The lowest BCUT2D eigenvalue weighted by molar-refractivity contribution is -0.137. The minimum Gasteiger partial charge on any atom is -1.00 e. The van der Waals surface area contributed by atoms with Crippen molar-refractivity contribution in [1.82, 2.24) is 15.0 Å². The second-order valence-electron chi connectivity index (χ2n) is 8.54. The molecule has 1 aromatic heterocycles. The number of benzene rings is 4. The van der Waals surface area contributed by atoms with E-state index in [4.69, 9.17) is 5.10 Å². The third kappa shape index (κ3) is 5.31. The molecule has 0 aliphatic heterocycles. The molecule has 0 N–H and O–H groups in total. The molecule has 0 aliphatic carbocycles. The summed E-state index contributed by atoms with van der Waals surface area (Å²) in [5, 5.41) is 13.0.